The lowest BCUT2D eigenvalue weighted by atomic mass is 9.89. The minimum absolute atomic E-state index is 0.160. The SMILES string of the molecule is CC1CC1c1ncc(C(C)(C)C)cn1. The first kappa shape index (κ1) is 9.63. The highest BCUT2D eigenvalue weighted by atomic mass is 14.9. The summed E-state index contributed by atoms with van der Waals surface area (Å²) in [5.41, 5.74) is 1.38. The topological polar surface area (TPSA) is 25.8 Å². The van der Waals surface area contributed by atoms with Gasteiger partial charge in [-0.2, -0.15) is 0 Å². The molecule has 1 aliphatic rings. The van der Waals surface area contributed by atoms with Crippen molar-refractivity contribution >= 4 is 0 Å². The quantitative estimate of drug-likeness (QED) is 0.680. The van der Waals surface area contributed by atoms with Gasteiger partial charge in [0, 0.05) is 18.3 Å². The zero-order valence-corrected chi connectivity index (χ0v) is 9.41. The maximum Gasteiger partial charge on any atom is 0.131 e. The molecule has 0 aliphatic heterocycles. The van der Waals surface area contributed by atoms with E-state index in [2.05, 4.69) is 37.7 Å². The largest absolute Gasteiger partial charge is 0.241 e. The number of rotatable bonds is 1. The van der Waals surface area contributed by atoms with Crippen LogP contribution in [-0.2, 0) is 5.41 Å². The summed E-state index contributed by atoms with van der Waals surface area (Å²) >= 11 is 0. The third kappa shape index (κ3) is 1.79. The maximum atomic E-state index is 4.45. The molecule has 1 saturated carbocycles. The Hall–Kier alpha value is -0.920. The fourth-order valence-corrected chi connectivity index (χ4v) is 1.60. The molecule has 1 aliphatic carbocycles. The zero-order chi connectivity index (χ0) is 10.3. The molecule has 1 fully saturated rings. The number of hydrogen-bond donors (Lipinski definition) is 0. The average Bonchev–Trinajstić information content (AvgIpc) is 2.81. The van der Waals surface area contributed by atoms with E-state index in [-0.39, 0.29) is 5.41 Å². The first-order valence-electron chi connectivity index (χ1n) is 5.31. The van der Waals surface area contributed by atoms with E-state index in [9.17, 15) is 0 Å². The first-order chi connectivity index (χ1) is 6.48. The molecule has 2 nitrogen and oxygen atoms in total. The van der Waals surface area contributed by atoms with E-state index in [1.165, 1.54) is 12.0 Å². The van der Waals surface area contributed by atoms with Gasteiger partial charge in [-0.1, -0.05) is 27.7 Å². The standard InChI is InChI=1S/C12H18N2/c1-8-5-10(8)11-13-6-9(7-14-11)12(2,3)4/h6-8,10H,5H2,1-4H3. The van der Waals surface area contributed by atoms with Gasteiger partial charge in [0.15, 0.2) is 0 Å². The number of hydrogen-bond acceptors (Lipinski definition) is 2. The van der Waals surface area contributed by atoms with Crippen molar-refractivity contribution in [3.05, 3.63) is 23.8 Å². The van der Waals surface area contributed by atoms with E-state index in [1.807, 2.05) is 12.4 Å². The molecule has 0 aromatic carbocycles. The summed E-state index contributed by atoms with van der Waals surface area (Å²) in [5, 5.41) is 0. The minimum atomic E-state index is 0.160. The molecule has 1 aromatic heterocycles. The van der Waals surface area contributed by atoms with Gasteiger partial charge in [0.1, 0.15) is 5.82 Å². The van der Waals surface area contributed by atoms with Crippen LogP contribution in [0.2, 0.25) is 0 Å². The molecule has 76 valence electrons. The Kier molecular flexibility index (Phi) is 2.09. The lowest BCUT2D eigenvalue weighted by Crippen LogP contribution is -2.12. The Morgan fingerprint density at radius 2 is 1.71 bits per heavy atom. The van der Waals surface area contributed by atoms with E-state index >= 15 is 0 Å². The van der Waals surface area contributed by atoms with Crippen LogP contribution in [0.4, 0.5) is 0 Å². The summed E-state index contributed by atoms with van der Waals surface area (Å²) in [7, 11) is 0. The van der Waals surface area contributed by atoms with Crippen LogP contribution in [0.15, 0.2) is 12.4 Å². The van der Waals surface area contributed by atoms with Crippen LogP contribution in [0.25, 0.3) is 0 Å². The van der Waals surface area contributed by atoms with E-state index in [0.29, 0.717) is 5.92 Å². The van der Waals surface area contributed by atoms with Crippen LogP contribution in [-0.4, -0.2) is 9.97 Å². The smallest absolute Gasteiger partial charge is 0.131 e. The predicted octanol–water partition coefficient (Wildman–Crippen LogP) is 2.90. The Balaban J connectivity index is 2.18. The second-order valence-corrected chi connectivity index (χ2v) is 5.40. The van der Waals surface area contributed by atoms with Gasteiger partial charge in [0.25, 0.3) is 0 Å². The summed E-state index contributed by atoms with van der Waals surface area (Å²) in [6.07, 6.45) is 5.22. The van der Waals surface area contributed by atoms with Crippen LogP contribution < -0.4 is 0 Å². The molecule has 2 unspecified atom stereocenters. The second kappa shape index (κ2) is 3.04. The van der Waals surface area contributed by atoms with Crippen molar-refractivity contribution in [2.45, 2.75) is 45.4 Å². The molecule has 2 heteroatoms. The summed E-state index contributed by atoms with van der Waals surface area (Å²) in [6.45, 7) is 8.81. The molecule has 1 heterocycles. The van der Waals surface area contributed by atoms with Crippen molar-refractivity contribution < 1.29 is 0 Å². The highest BCUT2D eigenvalue weighted by Crippen LogP contribution is 2.45. The van der Waals surface area contributed by atoms with E-state index in [1.54, 1.807) is 0 Å². The van der Waals surface area contributed by atoms with Gasteiger partial charge < -0.3 is 0 Å². The maximum absolute atomic E-state index is 4.45. The van der Waals surface area contributed by atoms with Crippen molar-refractivity contribution in [1.29, 1.82) is 0 Å². The normalized spacial score (nSPS) is 26.3. The van der Waals surface area contributed by atoms with Gasteiger partial charge in [-0.15, -0.1) is 0 Å². The van der Waals surface area contributed by atoms with Gasteiger partial charge in [0.2, 0.25) is 0 Å². The molecule has 14 heavy (non-hydrogen) atoms. The fraction of sp³-hybridized carbons (Fsp3) is 0.667. The molecule has 0 radical (unpaired) electrons. The molecule has 0 spiro atoms. The van der Waals surface area contributed by atoms with E-state index in [0.717, 1.165) is 11.7 Å². The molecule has 0 bridgehead atoms. The second-order valence-electron chi connectivity index (χ2n) is 5.40. The Morgan fingerprint density at radius 1 is 1.21 bits per heavy atom. The van der Waals surface area contributed by atoms with Gasteiger partial charge in [0.05, 0.1) is 0 Å². The molecule has 2 rings (SSSR count). The van der Waals surface area contributed by atoms with Crippen LogP contribution in [0.1, 0.15) is 51.4 Å². The van der Waals surface area contributed by atoms with Gasteiger partial charge in [-0.25, -0.2) is 9.97 Å². The molecule has 2 atom stereocenters. The highest BCUT2D eigenvalue weighted by molar-refractivity contribution is 5.18. The van der Waals surface area contributed by atoms with Crippen LogP contribution in [0.5, 0.6) is 0 Å². The van der Waals surface area contributed by atoms with Gasteiger partial charge in [-0.05, 0) is 23.3 Å². The van der Waals surface area contributed by atoms with Crippen LogP contribution in [0, 0.1) is 5.92 Å². The summed E-state index contributed by atoms with van der Waals surface area (Å²) in [5.74, 6) is 2.45. The third-order valence-corrected chi connectivity index (χ3v) is 2.98. The molecular formula is C12H18N2. The Morgan fingerprint density at radius 3 is 2.07 bits per heavy atom. The van der Waals surface area contributed by atoms with Crippen molar-refractivity contribution in [2.75, 3.05) is 0 Å². The molecular weight excluding hydrogens is 172 g/mol. The molecule has 0 amide bonds. The van der Waals surface area contributed by atoms with Crippen molar-refractivity contribution in [2.24, 2.45) is 5.92 Å². The number of aromatic nitrogens is 2. The predicted molar refractivity (Wildman–Crippen MR) is 57.3 cm³/mol. The van der Waals surface area contributed by atoms with Gasteiger partial charge >= 0.3 is 0 Å². The van der Waals surface area contributed by atoms with Crippen molar-refractivity contribution in [1.82, 2.24) is 9.97 Å². The van der Waals surface area contributed by atoms with Gasteiger partial charge in [-0.3, -0.25) is 0 Å². The average molecular weight is 190 g/mol. The fourth-order valence-electron chi connectivity index (χ4n) is 1.60. The summed E-state index contributed by atoms with van der Waals surface area (Å²) in [4.78, 5) is 8.89. The molecule has 0 N–H and O–H groups in total. The first-order valence-corrected chi connectivity index (χ1v) is 5.31. The molecule has 0 saturated heterocycles. The highest BCUT2D eigenvalue weighted by Gasteiger charge is 2.36. The van der Waals surface area contributed by atoms with Crippen LogP contribution >= 0.6 is 0 Å². The third-order valence-electron chi connectivity index (χ3n) is 2.98. The van der Waals surface area contributed by atoms with Crippen LogP contribution in [0.3, 0.4) is 0 Å². The zero-order valence-electron chi connectivity index (χ0n) is 9.41. The van der Waals surface area contributed by atoms with E-state index in [4.69, 9.17) is 0 Å². The Labute approximate surface area is 85.8 Å². The Bertz CT molecular complexity index is 321. The summed E-state index contributed by atoms with van der Waals surface area (Å²) < 4.78 is 0. The molecule has 1 aromatic rings. The van der Waals surface area contributed by atoms with Crippen molar-refractivity contribution in [3.63, 3.8) is 0 Å². The number of nitrogens with zero attached hydrogens (tertiary/aromatic N) is 2. The monoisotopic (exact) mass is 190 g/mol. The van der Waals surface area contributed by atoms with E-state index < -0.39 is 0 Å². The van der Waals surface area contributed by atoms with Crippen molar-refractivity contribution in [3.8, 4) is 0 Å². The lowest BCUT2D eigenvalue weighted by Gasteiger charge is -2.17. The summed E-state index contributed by atoms with van der Waals surface area (Å²) in [6, 6.07) is 0. The minimum Gasteiger partial charge on any atom is -0.241 e. The lowest BCUT2D eigenvalue weighted by molar-refractivity contribution is 0.581.